The third-order valence-electron chi connectivity index (χ3n) is 5.98. The highest BCUT2D eigenvalue weighted by atomic mass is 16.7. The predicted octanol–water partition coefficient (Wildman–Crippen LogP) is 3.19. The summed E-state index contributed by atoms with van der Waals surface area (Å²) >= 11 is 0. The molecule has 0 spiro atoms. The molecule has 0 amide bonds. The van der Waals surface area contributed by atoms with E-state index in [1.807, 2.05) is 55.5 Å². The van der Waals surface area contributed by atoms with Gasteiger partial charge in [-0.05, 0) is 37.1 Å². The zero-order valence-electron chi connectivity index (χ0n) is 18.9. The van der Waals surface area contributed by atoms with Crippen LogP contribution in [0.4, 0.5) is 0 Å². The van der Waals surface area contributed by atoms with Crippen molar-refractivity contribution in [2.45, 2.75) is 26.3 Å². The topological polar surface area (TPSA) is 102 Å². The maximum atomic E-state index is 13.9. The molecule has 1 aromatic heterocycles. The van der Waals surface area contributed by atoms with Gasteiger partial charge in [-0.1, -0.05) is 36.4 Å². The number of hydrogen-bond donors (Lipinski definition) is 1. The second kappa shape index (κ2) is 8.62. The minimum Gasteiger partial charge on any atom is -0.462 e. The third kappa shape index (κ3) is 3.67. The fraction of sp³-hybridized carbons (Fsp3) is 0.231. The summed E-state index contributed by atoms with van der Waals surface area (Å²) in [7, 11) is 0. The van der Waals surface area contributed by atoms with E-state index in [1.54, 1.807) is 17.6 Å². The lowest BCUT2D eigenvalue weighted by Gasteiger charge is -2.29. The molecule has 0 fully saturated rings. The monoisotopic (exact) mass is 460 g/mol. The molecule has 5 rings (SSSR count). The quantitative estimate of drug-likeness (QED) is 0.584. The van der Waals surface area contributed by atoms with Crippen LogP contribution < -0.4 is 25.5 Å². The lowest BCUT2D eigenvalue weighted by Crippen LogP contribution is -2.35. The summed E-state index contributed by atoms with van der Waals surface area (Å²) in [6.45, 7) is 4.20. The number of carbonyl (C=O) groups excluding carboxylic acids is 1. The zero-order valence-corrected chi connectivity index (χ0v) is 18.9. The van der Waals surface area contributed by atoms with Gasteiger partial charge in [-0.15, -0.1) is 0 Å². The fourth-order valence-electron chi connectivity index (χ4n) is 4.39. The van der Waals surface area contributed by atoms with E-state index in [0.29, 0.717) is 35.1 Å². The molecule has 3 heterocycles. The van der Waals surface area contributed by atoms with Crippen molar-refractivity contribution in [1.29, 1.82) is 0 Å². The Balaban J connectivity index is 1.65. The van der Waals surface area contributed by atoms with E-state index >= 15 is 0 Å². The molecule has 2 aliphatic rings. The number of nitrogens with two attached hydrogens (primary N) is 1. The number of fused-ring (bicyclic) bond motifs is 2. The fourth-order valence-corrected chi connectivity index (χ4v) is 4.39. The molecule has 1 atom stereocenters. The van der Waals surface area contributed by atoms with Crippen molar-refractivity contribution in [2.75, 3.05) is 13.4 Å². The molecule has 0 aliphatic carbocycles. The summed E-state index contributed by atoms with van der Waals surface area (Å²) in [6.07, 6.45) is 0. The molecule has 8 nitrogen and oxygen atoms in total. The van der Waals surface area contributed by atoms with E-state index in [0.717, 1.165) is 11.1 Å². The van der Waals surface area contributed by atoms with Gasteiger partial charge in [-0.2, -0.15) is 0 Å². The van der Waals surface area contributed by atoms with Gasteiger partial charge in [0, 0.05) is 11.8 Å². The number of pyridine rings is 1. The highest BCUT2D eigenvalue weighted by Gasteiger charge is 2.38. The van der Waals surface area contributed by atoms with E-state index in [4.69, 9.17) is 24.7 Å². The Kier molecular flexibility index (Phi) is 5.49. The van der Waals surface area contributed by atoms with Gasteiger partial charge >= 0.3 is 5.97 Å². The van der Waals surface area contributed by atoms with Gasteiger partial charge in [-0.25, -0.2) is 4.79 Å². The summed E-state index contributed by atoms with van der Waals surface area (Å²) in [5.74, 6) is 0.264. The minimum absolute atomic E-state index is 0.0628. The molecule has 0 saturated carbocycles. The number of esters is 1. The molecule has 0 radical (unpaired) electrons. The first kappa shape index (κ1) is 21.6. The maximum Gasteiger partial charge on any atom is 0.340 e. The molecule has 0 unspecified atom stereocenters. The summed E-state index contributed by atoms with van der Waals surface area (Å²) in [4.78, 5) is 26.8. The van der Waals surface area contributed by atoms with Gasteiger partial charge in [0.05, 0.1) is 24.6 Å². The SMILES string of the molecule is CCOC(=O)C1=C(N)Oc2cc(C)n(Cc3ccc4c(c3)OCO4)c(=O)c2[C@@H]1c1ccccc1. The molecular formula is C26H24N2O6. The molecule has 34 heavy (non-hydrogen) atoms. The average Bonchev–Trinajstić information content (AvgIpc) is 3.29. The number of aryl methyl sites for hydroxylation is 1. The Labute approximate surface area is 196 Å². The van der Waals surface area contributed by atoms with Gasteiger partial charge in [-0.3, -0.25) is 4.79 Å². The molecule has 3 aromatic rings. The van der Waals surface area contributed by atoms with Crippen molar-refractivity contribution in [2.24, 2.45) is 5.73 Å². The van der Waals surface area contributed by atoms with Crippen LogP contribution in [-0.4, -0.2) is 23.9 Å². The Bertz CT molecular complexity index is 1360. The first-order valence-corrected chi connectivity index (χ1v) is 11.0. The number of ether oxygens (including phenoxy) is 4. The predicted molar refractivity (Wildman–Crippen MR) is 124 cm³/mol. The number of benzene rings is 2. The zero-order chi connectivity index (χ0) is 23.8. The Morgan fingerprint density at radius 1 is 1.09 bits per heavy atom. The lowest BCUT2D eigenvalue weighted by atomic mass is 9.83. The molecule has 0 saturated heterocycles. The second-order valence-corrected chi connectivity index (χ2v) is 8.09. The minimum atomic E-state index is -0.722. The normalized spacial score (nSPS) is 16.1. The van der Waals surface area contributed by atoms with Gasteiger partial charge in [0.15, 0.2) is 11.5 Å². The molecule has 174 valence electrons. The van der Waals surface area contributed by atoms with Gasteiger partial charge in [0.1, 0.15) is 11.3 Å². The first-order valence-electron chi connectivity index (χ1n) is 11.0. The van der Waals surface area contributed by atoms with Gasteiger partial charge in [0.2, 0.25) is 12.7 Å². The number of nitrogens with zero attached hydrogens (tertiary/aromatic N) is 1. The molecular weight excluding hydrogens is 436 g/mol. The van der Waals surface area contributed by atoms with E-state index in [2.05, 4.69) is 0 Å². The Morgan fingerprint density at radius 2 is 1.85 bits per heavy atom. The molecule has 8 heteroatoms. The second-order valence-electron chi connectivity index (χ2n) is 8.09. The first-order chi connectivity index (χ1) is 16.5. The van der Waals surface area contributed by atoms with Crippen LogP contribution in [0.3, 0.4) is 0 Å². The number of carbonyl (C=O) groups is 1. The largest absolute Gasteiger partial charge is 0.462 e. The molecule has 2 aliphatic heterocycles. The highest BCUT2D eigenvalue weighted by molar-refractivity contribution is 5.92. The van der Waals surface area contributed by atoms with Crippen LogP contribution in [0.25, 0.3) is 0 Å². The van der Waals surface area contributed by atoms with Crippen LogP contribution in [0, 0.1) is 6.92 Å². The van der Waals surface area contributed by atoms with Crippen LogP contribution in [0.15, 0.2) is 70.8 Å². The third-order valence-corrected chi connectivity index (χ3v) is 5.98. The van der Waals surface area contributed by atoms with Crippen LogP contribution in [0.2, 0.25) is 0 Å². The Hall–Kier alpha value is -4.20. The Morgan fingerprint density at radius 3 is 2.62 bits per heavy atom. The van der Waals surface area contributed by atoms with Crippen molar-refractivity contribution >= 4 is 5.97 Å². The van der Waals surface area contributed by atoms with E-state index in [9.17, 15) is 9.59 Å². The van der Waals surface area contributed by atoms with Crippen molar-refractivity contribution < 1.29 is 23.7 Å². The van der Waals surface area contributed by atoms with Crippen LogP contribution >= 0.6 is 0 Å². The number of rotatable bonds is 5. The number of aromatic nitrogens is 1. The lowest BCUT2D eigenvalue weighted by molar-refractivity contribution is -0.139. The summed E-state index contributed by atoms with van der Waals surface area (Å²) in [6, 6.07) is 16.6. The number of hydrogen-bond acceptors (Lipinski definition) is 7. The van der Waals surface area contributed by atoms with Crippen molar-refractivity contribution in [3.05, 3.63) is 98.8 Å². The molecule has 2 aromatic carbocycles. The average molecular weight is 460 g/mol. The standard InChI is InChI=1S/C26H24N2O6/c1-3-31-26(30)23-21(17-7-5-4-6-8-17)22-20(34-24(23)27)11-15(2)28(25(22)29)13-16-9-10-18-19(12-16)33-14-32-18/h4-12,21H,3,13-14,27H2,1-2H3/t21-/m0/s1. The maximum absolute atomic E-state index is 13.9. The molecule has 2 N–H and O–H groups in total. The van der Waals surface area contributed by atoms with Crippen molar-refractivity contribution in [3.63, 3.8) is 0 Å². The van der Waals surface area contributed by atoms with Gasteiger partial charge < -0.3 is 29.2 Å². The van der Waals surface area contributed by atoms with Crippen molar-refractivity contribution in [1.82, 2.24) is 4.57 Å². The van der Waals surface area contributed by atoms with Crippen LogP contribution in [0.5, 0.6) is 17.2 Å². The van der Waals surface area contributed by atoms with Crippen molar-refractivity contribution in [3.8, 4) is 17.2 Å². The summed E-state index contributed by atoms with van der Waals surface area (Å²) in [5.41, 5.74) is 8.70. The van der Waals surface area contributed by atoms with Crippen LogP contribution in [0.1, 0.15) is 35.2 Å². The highest BCUT2D eigenvalue weighted by Crippen LogP contribution is 2.41. The summed E-state index contributed by atoms with van der Waals surface area (Å²) < 4.78 is 23.6. The smallest absolute Gasteiger partial charge is 0.340 e. The van der Waals surface area contributed by atoms with Crippen LogP contribution in [-0.2, 0) is 16.1 Å². The molecule has 0 bridgehead atoms. The van der Waals surface area contributed by atoms with E-state index in [1.165, 1.54) is 0 Å². The van der Waals surface area contributed by atoms with Gasteiger partial charge in [0.25, 0.3) is 5.56 Å². The summed E-state index contributed by atoms with van der Waals surface area (Å²) in [5, 5.41) is 0. The van der Waals surface area contributed by atoms with E-state index in [-0.39, 0.29) is 30.4 Å². The van der Waals surface area contributed by atoms with E-state index < -0.39 is 11.9 Å².